The first-order valence-electron chi connectivity index (χ1n) is 11.9. The molecule has 1 heterocycles. The van der Waals surface area contributed by atoms with E-state index in [1.54, 1.807) is 0 Å². The van der Waals surface area contributed by atoms with Crippen molar-refractivity contribution < 1.29 is 4.79 Å². The number of carbonyl (C=O) groups is 1. The molecule has 1 aliphatic heterocycles. The largest absolute Gasteiger partial charge is 0.370 e. The molecule has 35 heavy (non-hydrogen) atoms. The predicted molar refractivity (Wildman–Crippen MR) is 147 cm³/mol. The van der Waals surface area contributed by atoms with Gasteiger partial charge in [-0.1, -0.05) is 49.4 Å². The smallest absolute Gasteiger partial charge is 0.255 e. The third-order valence-electron chi connectivity index (χ3n) is 6.45. The third-order valence-corrected chi connectivity index (χ3v) is 6.45. The molecular weight excluding hydrogens is 432 g/mol. The number of nitrogens with one attached hydrogen (secondary N) is 1. The van der Waals surface area contributed by atoms with Crippen LogP contribution in [-0.2, 0) is 12.8 Å². The number of carbonyl (C=O) groups excluding carboxylic acids is 1. The lowest BCUT2D eigenvalue weighted by Crippen LogP contribution is -2.28. The summed E-state index contributed by atoms with van der Waals surface area (Å²) in [6.45, 7) is 13.5. The van der Waals surface area contributed by atoms with Crippen molar-refractivity contribution in [2.24, 2.45) is 0 Å². The maximum Gasteiger partial charge on any atom is 0.255 e. The quantitative estimate of drug-likeness (QED) is 0.428. The molecule has 3 aromatic rings. The van der Waals surface area contributed by atoms with E-state index in [1.165, 1.54) is 5.69 Å². The fraction of sp³-hybridized carbons (Fsp3) is 0.333. The van der Waals surface area contributed by atoms with Gasteiger partial charge in [0.1, 0.15) is 0 Å². The molecule has 182 valence electrons. The van der Waals surface area contributed by atoms with Crippen LogP contribution in [0.3, 0.4) is 0 Å². The first-order valence-corrected chi connectivity index (χ1v) is 11.9. The van der Waals surface area contributed by atoms with E-state index >= 15 is 0 Å². The zero-order chi connectivity index (χ0) is 23.9. The van der Waals surface area contributed by atoms with Crippen LogP contribution in [0, 0.1) is 13.5 Å². The van der Waals surface area contributed by atoms with Crippen molar-refractivity contribution in [1.29, 1.82) is 0 Å². The molecule has 0 aromatic heterocycles. The summed E-state index contributed by atoms with van der Waals surface area (Å²) in [5.74, 6) is -0.0935. The van der Waals surface area contributed by atoms with E-state index in [9.17, 15) is 4.79 Å². The number of hydrogen-bond acceptors (Lipinski definition) is 3. The topological polar surface area (TPSA) is 39.9 Å². The molecule has 0 spiro atoms. The number of nitrogens with zero attached hydrogens (tertiary/aromatic N) is 3. The van der Waals surface area contributed by atoms with Gasteiger partial charge in [-0.15, -0.1) is 0 Å². The van der Waals surface area contributed by atoms with Gasteiger partial charge in [0.05, 0.1) is 6.57 Å². The first-order chi connectivity index (χ1) is 16.5. The number of aryl methyl sites for hydroxylation is 3. The molecular formula is C30H36N4O. The van der Waals surface area contributed by atoms with Crippen LogP contribution in [-0.4, -0.2) is 44.0 Å². The van der Waals surface area contributed by atoms with Gasteiger partial charge in [-0.25, -0.2) is 4.85 Å². The summed E-state index contributed by atoms with van der Waals surface area (Å²) in [6.07, 6.45) is 2.76. The highest BCUT2D eigenvalue weighted by atomic mass is 16.1. The monoisotopic (exact) mass is 468 g/mol. The Hall–Kier alpha value is -3.62. The summed E-state index contributed by atoms with van der Waals surface area (Å²) in [5, 5.41) is 3.13. The minimum atomic E-state index is -0.0935. The van der Waals surface area contributed by atoms with Crippen molar-refractivity contribution in [3.8, 4) is 0 Å². The Bertz CT molecular complexity index is 1180. The molecule has 0 unspecified atom stereocenters. The number of hydrogen-bond donors (Lipinski definition) is 1. The lowest BCUT2D eigenvalue weighted by molar-refractivity contribution is 0.102. The highest BCUT2D eigenvalue weighted by molar-refractivity contribution is 6.04. The van der Waals surface area contributed by atoms with Gasteiger partial charge in [-0.2, -0.15) is 0 Å². The van der Waals surface area contributed by atoms with Crippen molar-refractivity contribution in [3.05, 3.63) is 100 Å². The second kappa shape index (κ2) is 12.2. The summed E-state index contributed by atoms with van der Waals surface area (Å²) in [5.41, 5.74) is 6.67. The average Bonchev–Trinajstić information content (AvgIpc) is 3.08. The zero-order valence-corrected chi connectivity index (χ0v) is 20.1. The van der Waals surface area contributed by atoms with E-state index in [0.717, 1.165) is 67.8 Å². The summed E-state index contributed by atoms with van der Waals surface area (Å²) < 4.78 is 0. The molecule has 1 amide bonds. The van der Waals surface area contributed by atoms with Crippen LogP contribution in [0.15, 0.2) is 66.7 Å². The highest BCUT2D eigenvalue weighted by Gasteiger charge is 2.14. The molecule has 1 aliphatic rings. The van der Waals surface area contributed by atoms with Gasteiger partial charge < -0.3 is 15.1 Å². The van der Waals surface area contributed by atoms with Crippen molar-refractivity contribution >= 4 is 23.0 Å². The molecule has 4 rings (SSSR count). The normalized spacial score (nSPS) is 13.9. The summed E-state index contributed by atoms with van der Waals surface area (Å²) in [6, 6.07) is 21.9. The maximum absolute atomic E-state index is 13.1. The van der Waals surface area contributed by atoms with Crippen LogP contribution in [0.5, 0.6) is 0 Å². The third kappa shape index (κ3) is 6.94. The van der Waals surface area contributed by atoms with E-state index in [1.807, 2.05) is 49.4 Å². The lowest BCUT2D eigenvalue weighted by Gasteiger charge is -2.23. The fourth-order valence-electron chi connectivity index (χ4n) is 4.41. The van der Waals surface area contributed by atoms with Gasteiger partial charge in [-0.05, 0) is 81.2 Å². The predicted octanol–water partition coefficient (Wildman–Crippen LogP) is 6.36. The second-order valence-electron chi connectivity index (χ2n) is 9.09. The fourth-order valence-corrected chi connectivity index (χ4v) is 4.41. The molecule has 3 aromatic carbocycles. The van der Waals surface area contributed by atoms with Crippen molar-refractivity contribution in [2.75, 3.05) is 43.4 Å². The van der Waals surface area contributed by atoms with E-state index in [4.69, 9.17) is 6.57 Å². The van der Waals surface area contributed by atoms with E-state index in [0.29, 0.717) is 11.3 Å². The molecule has 0 saturated carbocycles. The Morgan fingerprint density at radius 3 is 2.54 bits per heavy atom. The van der Waals surface area contributed by atoms with Crippen LogP contribution in [0.25, 0.3) is 4.85 Å². The van der Waals surface area contributed by atoms with Gasteiger partial charge in [0, 0.05) is 36.6 Å². The van der Waals surface area contributed by atoms with Gasteiger partial charge in [0.25, 0.3) is 5.91 Å². The Morgan fingerprint density at radius 1 is 0.971 bits per heavy atom. The van der Waals surface area contributed by atoms with Gasteiger partial charge in [-0.3, -0.25) is 4.79 Å². The van der Waals surface area contributed by atoms with Crippen LogP contribution in [0.4, 0.5) is 17.1 Å². The number of rotatable bonds is 6. The van der Waals surface area contributed by atoms with E-state index < -0.39 is 0 Å². The van der Waals surface area contributed by atoms with Crippen LogP contribution >= 0.6 is 0 Å². The number of amides is 1. The lowest BCUT2D eigenvalue weighted by atomic mass is 10.0. The SMILES string of the molecule is C.[C-]#[N+]c1cccc(CCc2ccc(C)cc2NC(=O)c2ccc(N3CCCN(C)CC3)cc2)c1. The maximum atomic E-state index is 13.1. The standard InChI is InChI=1S/C29H32N4O.CH4/c1-22-8-10-24(11-9-23-6-4-7-26(21-23)30-2)28(20-22)31-29(34)25-12-14-27(15-13-25)33-17-5-16-32(3)18-19-33;/h4,6-8,10,12-15,20-21H,5,9,11,16-19H2,1,3H3,(H,31,34);1H4. The molecule has 1 fully saturated rings. The molecule has 0 radical (unpaired) electrons. The van der Waals surface area contributed by atoms with Crippen molar-refractivity contribution in [2.45, 2.75) is 33.6 Å². The van der Waals surface area contributed by atoms with Gasteiger partial charge >= 0.3 is 0 Å². The number of benzene rings is 3. The molecule has 5 nitrogen and oxygen atoms in total. The highest BCUT2D eigenvalue weighted by Crippen LogP contribution is 2.23. The van der Waals surface area contributed by atoms with Crippen LogP contribution in [0.1, 0.15) is 40.9 Å². The minimum absolute atomic E-state index is 0. The van der Waals surface area contributed by atoms with Gasteiger partial charge in [0.2, 0.25) is 0 Å². The Kier molecular flexibility index (Phi) is 9.05. The minimum Gasteiger partial charge on any atom is -0.370 e. The van der Waals surface area contributed by atoms with E-state index in [2.05, 4.69) is 51.3 Å². The van der Waals surface area contributed by atoms with Crippen molar-refractivity contribution in [1.82, 2.24) is 4.90 Å². The second-order valence-corrected chi connectivity index (χ2v) is 9.09. The summed E-state index contributed by atoms with van der Waals surface area (Å²) >= 11 is 0. The molecule has 1 saturated heterocycles. The Morgan fingerprint density at radius 2 is 1.77 bits per heavy atom. The molecule has 1 N–H and O–H groups in total. The number of anilines is 2. The Labute approximate surface area is 210 Å². The molecule has 0 aliphatic carbocycles. The van der Waals surface area contributed by atoms with Crippen molar-refractivity contribution in [3.63, 3.8) is 0 Å². The molecule has 0 bridgehead atoms. The summed E-state index contributed by atoms with van der Waals surface area (Å²) in [4.78, 5) is 21.3. The molecule has 5 heteroatoms. The summed E-state index contributed by atoms with van der Waals surface area (Å²) in [7, 11) is 2.17. The van der Waals surface area contributed by atoms with Crippen LogP contribution < -0.4 is 10.2 Å². The van der Waals surface area contributed by atoms with Crippen LogP contribution in [0.2, 0.25) is 0 Å². The van der Waals surface area contributed by atoms with E-state index in [-0.39, 0.29) is 13.3 Å². The molecule has 0 atom stereocenters. The zero-order valence-electron chi connectivity index (χ0n) is 20.1. The Balaban J connectivity index is 0.00000342. The first kappa shape index (κ1) is 26.0. The average molecular weight is 469 g/mol. The van der Waals surface area contributed by atoms with Gasteiger partial charge in [0.15, 0.2) is 5.69 Å². The number of likely N-dealkylation sites (N-methyl/N-ethyl adjacent to an activating group) is 1.